The molecule has 0 radical (unpaired) electrons. The Bertz CT molecular complexity index is 891. The van der Waals surface area contributed by atoms with Gasteiger partial charge in [0.25, 0.3) is 11.6 Å². The van der Waals surface area contributed by atoms with Gasteiger partial charge in [-0.05, 0) is 55.5 Å². The van der Waals surface area contributed by atoms with Crippen LogP contribution in [0.3, 0.4) is 0 Å². The Morgan fingerprint density at radius 2 is 1.92 bits per heavy atom. The second kappa shape index (κ2) is 7.35. The van der Waals surface area contributed by atoms with Gasteiger partial charge in [0.2, 0.25) is 0 Å². The van der Waals surface area contributed by atoms with Crippen LogP contribution in [0.15, 0.2) is 36.4 Å². The molecule has 1 aliphatic carbocycles. The smallest absolute Gasteiger partial charge is 0.338 e. The zero-order chi connectivity index (χ0) is 18.7. The number of anilines is 1. The standard InChI is InChI=1S/C19H18N2O5/c1-12-5-6-15(10-17(12)21(24)25)19(23)26-11-18(22)20-16-8-7-13-3-2-4-14(13)9-16/h5-10H,2-4,11H2,1H3,(H,20,22). The molecule has 3 rings (SSSR count). The van der Waals surface area contributed by atoms with Gasteiger partial charge in [0, 0.05) is 17.3 Å². The minimum absolute atomic E-state index is 0.0348. The molecule has 26 heavy (non-hydrogen) atoms. The molecule has 0 saturated heterocycles. The van der Waals surface area contributed by atoms with Gasteiger partial charge in [0.05, 0.1) is 10.5 Å². The maximum atomic E-state index is 12.0. The van der Waals surface area contributed by atoms with Gasteiger partial charge in [-0.25, -0.2) is 4.79 Å². The third-order valence-electron chi connectivity index (χ3n) is 4.36. The molecular weight excluding hydrogens is 336 g/mol. The first-order valence-electron chi connectivity index (χ1n) is 8.28. The number of benzene rings is 2. The van der Waals surface area contributed by atoms with Crippen molar-refractivity contribution in [2.45, 2.75) is 26.2 Å². The van der Waals surface area contributed by atoms with E-state index in [9.17, 15) is 19.7 Å². The summed E-state index contributed by atoms with van der Waals surface area (Å²) in [5.41, 5.74) is 3.51. The Morgan fingerprint density at radius 3 is 2.69 bits per heavy atom. The minimum Gasteiger partial charge on any atom is -0.452 e. The van der Waals surface area contributed by atoms with E-state index in [0.29, 0.717) is 11.3 Å². The van der Waals surface area contributed by atoms with E-state index in [-0.39, 0.29) is 11.3 Å². The van der Waals surface area contributed by atoms with Crippen LogP contribution in [0.1, 0.15) is 33.5 Å². The Balaban J connectivity index is 1.58. The first-order chi connectivity index (χ1) is 12.4. The number of carbonyl (C=O) groups is 2. The number of rotatable bonds is 5. The van der Waals surface area contributed by atoms with E-state index in [1.54, 1.807) is 6.92 Å². The average molecular weight is 354 g/mol. The topological polar surface area (TPSA) is 98.5 Å². The Labute approximate surface area is 150 Å². The second-order valence-electron chi connectivity index (χ2n) is 6.22. The van der Waals surface area contributed by atoms with E-state index in [1.807, 2.05) is 18.2 Å². The highest BCUT2D eigenvalue weighted by molar-refractivity contribution is 5.95. The number of fused-ring (bicyclic) bond motifs is 1. The first kappa shape index (κ1) is 17.6. The van der Waals surface area contributed by atoms with Crippen LogP contribution in [-0.4, -0.2) is 23.4 Å². The molecular formula is C19H18N2O5. The van der Waals surface area contributed by atoms with Crippen molar-refractivity contribution >= 4 is 23.3 Å². The van der Waals surface area contributed by atoms with Crippen molar-refractivity contribution in [3.63, 3.8) is 0 Å². The Kier molecular flexibility index (Phi) is 4.97. The van der Waals surface area contributed by atoms with Crippen molar-refractivity contribution in [3.8, 4) is 0 Å². The molecule has 1 N–H and O–H groups in total. The molecule has 0 heterocycles. The number of ether oxygens (including phenoxy) is 1. The molecule has 2 aromatic rings. The molecule has 0 bridgehead atoms. The summed E-state index contributed by atoms with van der Waals surface area (Å²) in [5.74, 6) is -1.24. The van der Waals surface area contributed by atoms with Crippen molar-refractivity contribution in [2.75, 3.05) is 11.9 Å². The molecule has 2 aromatic carbocycles. The van der Waals surface area contributed by atoms with Gasteiger partial charge in [0.1, 0.15) is 0 Å². The van der Waals surface area contributed by atoms with E-state index >= 15 is 0 Å². The summed E-state index contributed by atoms with van der Waals surface area (Å²) < 4.78 is 4.96. The van der Waals surface area contributed by atoms with Crippen LogP contribution in [0, 0.1) is 17.0 Å². The fourth-order valence-electron chi connectivity index (χ4n) is 2.99. The fraction of sp³-hybridized carbons (Fsp3) is 0.263. The predicted octanol–water partition coefficient (Wildman–Crippen LogP) is 3.19. The lowest BCUT2D eigenvalue weighted by Crippen LogP contribution is -2.21. The van der Waals surface area contributed by atoms with Crippen molar-refractivity contribution in [2.24, 2.45) is 0 Å². The van der Waals surface area contributed by atoms with E-state index < -0.39 is 23.4 Å². The van der Waals surface area contributed by atoms with Crippen molar-refractivity contribution < 1.29 is 19.2 Å². The van der Waals surface area contributed by atoms with Gasteiger partial charge in [-0.2, -0.15) is 0 Å². The van der Waals surface area contributed by atoms with Gasteiger partial charge in [0.15, 0.2) is 6.61 Å². The maximum absolute atomic E-state index is 12.0. The summed E-state index contributed by atoms with van der Waals surface area (Å²) in [6.07, 6.45) is 3.18. The highest BCUT2D eigenvalue weighted by atomic mass is 16.6. The summed E-state index contributed by atoms with van der Waals surface area (Å²) in [7, 11) is 0. The summed E-state index contributed by atoms with van der Waals surface area (Å²) in [6, 6.07) is 9.81. The normalized spacial score (nSPS) is 12.3. The number of esters is 1. The molecule has 1 aliphatic rings. The van der Waals surface area contributed by atoms with Crippen LogP contribution >= 0.6 is 0 Å². The third-order valence-corrected chi connectivity index (χ3v) is 4.36. The zero-order valence-electron chi connectivity index (χ0n) is 14.3. The van der Waals surface area contributed by atoms with Crippen molar-refractivity contribution in [1.82, 2.24) is 0 Å². The number of nitro groups is 1. The lowest BCUT2D eigenvalue weighted by Gasteiger charge is -2.08. The number of hydrogen-bond acceptors (Lipinski definition) is 5. The third kappa shape index (κ3) is 3.88. The van der Waals surface area contributed by atoms with Gasteiger partial charge < -0.3 is 10.1 Å². The molecule has 0 saturated carbocycles. The molecule has 0 unspecified atom stereocenters. The van der Waals surface area contributed by atoms with Crippen LogP contribution in [0.4, 0.5) is 11.4 Å². The highest BCUT2D eigenvalue weighted by Crippen LogP contribution is 2.25. The summed E-state index contributed by atoms with van der Waals surface area (Å²) in [6.45, 7) is 1.12. The Hall–Kier alpha value is -3.22. The fourth-order valence-corrected chi connectivity index (χ4v) is 2.99. The Morgan fingerprint density at radius 1 is 1.15 bits per heavy atom. The van der Waals surface area contributed by atoms with Crippen LogP contribution in [0.2, 0.25) is 0 Å². The van der Waals surface area contributed by atoms with Crippen LogP contribution in [-0.2, 0) is 22.4 Å². The zero-order valence-corrected chi connectivity index (χ0v) is 14.3. The molecule has 0 spiro atoms. The minimum atomic E-state index is -0.780. The predicted molar refractivity (Wildman–Crippen MR) is 95.2 cm³/mol. The lowest BCUT2D eigenvalue weighted by atomic mass is 10.1. The molecule has 0 atom stereocenters. The number of aryl methyl sites for hydroxylation is 3. The van der Waals surface area contributed by atoms with E-state index in [1.165, 1.54) is 23.3 Å². The van der Waals surface area contributed by atoms with Gasteiger partial charge in [-0.15, -0.1) is 0 Å². The first-order valence-corrected chi connectivity index (χ1v) is 8.28. The summed E-state index contributed by atoms with van der Waals surface area (Å²) in [5, 5.41) is 13.6. The number of nitro benzene ring substituents is 1. The van der Waals surface area contributed by atoms with Gasteiger partial charge >= 0.3 is 5.97 Å². The van der Waals surface area contributed by atoms with Crippen LogP contribution in [0.25, 0.3) is 0 Å². The molecule has 134 valence electrons. The molecule has 0 aliphatic heterocycles. The average Bonchev–Trinajstić information content (AvgIpc) is 3.07. The van der Waals surface area contributed by atoms with E-state index in [2.05, 4.69) is 5.32 Å². The molecule has 0 fully saturated rings. The van der Waals surface area contributed by atoms with E-state index in [4.69, 9.17) is 4.74 Å². The number of nitrogens with zero attached hydrogens (tertiary/aromatic N) is 1. The highest BCUT2D eigenvalue weighted by Gasteiger charge is 2.17. The molecule has 1 amide bonds. The van der Waals surface area contributed by atoms with Crippen LogP contribution < -0.4 is 5.32 Å². The molecule has 7 heteroatoms. The molecule has 0 aromatic heterocycles. The van der Waals surface area contributed by atoms with Crippen molar-refractivity contribution in [1.29, 1.82) is 0 Å². The quantitative estimate of drug-likeness (QED) is 0.505. The number of hydrogen-bond donors (Lipinski definition) is 1. The molecule has 7 nitrogen and oxygen atoms in total. The number of nitrogens with one attached hydrogen (secondary N) is 1. The van der Waals surface area contributed by atoms with Crippen LogP contribution in [0.5, 0.6) is 0 Å². The SMILES string of the molecule is Cc1ccc(C(=O)OCC(=O)Nc2ccc3c(c2)CCC3)cc1[N+](=O)[O-]. The summed E-state index contributed by atoms with van der Waals surface area (Å²) >= 11 is 0. The van der Waals surface area contributed by atoms with Gasteiger partial charge in [-0.1, -0.05) is 12.1 Å². The second-order valence-corrected chi connectivity index (χ2v) is 6.22. The summed E-state index contributed by atoms with van der Waals surface area (Å²) in [4.78, 5) is 34.4. The van der Waals surface area contributed by atoms with Crippen molar-refractivity contribution in [3.05, 3.63) is 68.8 Å². The maximum Gasteiger partial charge on any atom is 0.338 e. The number of amides is 1. The lowest BCUT2D eigenvalue weighted by molar-refractivity contribution is -0.385. The van der Waals surface area contributed by atoms with E-state index in [0.717, 1.165) is 25.3 Å². The monoisotopic (exact) mass is 354 g/mol. The van der Waals surface area contributed by atoms with Gasteiger partial charge in [-0.3, -0.25) is 14.9 Å². The number of carbonyl (C=O) groups excluding carboxylic acids is 2. The largest absolute Gasteiger partial charge is 0.452 e.